The van der Waals surface area contributed by atoms with Crippen LogP contribution in [0.4, 0.5) is 26.3 Å². The SMILES string of the molecule is [B]c1cc2c3c(ccc4c5c(Br)cc6c7c(ccc(c1c34)c75)C(=O)N(C(CCCC)C(F)(F)F)C6=O)C(=O)N(C(CCCC)C(F)(F)F)C2=O. The van der Waals surface area contributed by atoms with Gasteiger partial charge in [0, 0.05) is 48.3 Å². The Morgan fingerprint density at radius 1 is 0.600 bits per heavy atom. The number of unbranched alkanes of at least 4 members (excludes halogenated alkanes) is 2. The second kappa shape index (κ2) is 11.7. The minimum absolute atomic E-state index is 0.0140. The Morgan fingerprint density at radius 3 is 1.44 bits per heavy atom. The zero-order chi connectivity index (χ0) is 36.2. The Hall–Kier alpha value is -4.20. The first-order valence-corrected chi connectivity index (χ1v) is 16.9. The fraction of sp³-hybridized carbons (Fsp3) is 0.333. The van der Waals surface area contributed by atoms with E-state index in [0.717, 1.165) is 0 Å². The van der Waals surface area contributed by atoms with E-state index >= 15 is 0 Å². The van der Waals surface area contributed by atoms with Crippen LogP contribution in [0.15, 0.2) is 40.9 Å². The number of imide groups is 2. The zero-order valence-corrected chi connectivity index (χ0v) is 28.2. The van der Waals surface area contributed by atoms with Gasteiger partial charge in [0.05, 0.1) is 0 Å². The molecule has 4 amide bonds. The van der Waals surface area contributed by atoms with Crippen LogP contribution in [0.5, 0.6) is 0 Å². The van der Waals surface area contributed by atoms with Gasteiger partial charge in [-0.15, -0.1) is 0 Å². The van der Waals surface area contributed by atoms with E-state index in [1.54, 1.807) is 13.8 Å². The molecule has 2 aliphatic heterocycles. The van der Waals surface area contributed by atoms with Crippen molar-refractivity contribution in [1.82, 2.24) is 9.80 Å². The molecule has 0 spiro atoms. The second-order valence-electron chi connectivity index (χ2n) is 12.9. The highest BCUT2D eigenvalue weighted by molar-refractivity contribution is 9.10. The quantitative estimate of drug-likeness (QED) is 0.0523. The molecule has 0 saturated heterocycles. The minimum Gasteiger partial charge on any atom is -0.269 e. The van der Waals surface area contributed by atoms with Crippen LogP contribution in [-0.4, -0.2) is 65.7 Å². The lowest BCUT2D eigenvalue weighted by Gasteiger charge is -2.36. The van der Waals surface area contributed by atoms with Crippen LogP contribution in [-0.2, 0) is 0 Å². The van der Waals surface area contributed by atoms with Crippen molar-refractivity contribution in [2.45, 2.75) is 76.8 Å². The number of halogens is 7. The van der Waals surface area contributed by atoms with E-state index in [4.69, 9.17) is 7.85 Å². The van der Waals surface area contributed by atoms with Crippen LogP contribution in [0.3, 0.4) is 0 Å². The van der Waals surface area contributed by atoms with E-state index < -0.39 is 60.9 Å². The highest BCUT2D eigenvalue weighted by Gasteiger charge is 2.51. The molecule has 50 heavy (non-hydrogen) atoms. The third-order valence-corrected chi connectivity index (χ3v) is 10.5. The molecule has 0 aliphatic carbocycles. The molecule has 14 heteroatoms. The summed E-state index contributed by atoms with van der Waals surface area (Å²) in [5.41, 5.74) is -0.560. The monoisotopic (exact) mass is 754 g/mol. The summed E-state index contributed by atoms with van der Waals surface area (Å²) in [5, 5.41) is 2.42. The fourth-order valence-corrected chi connectivity index (χ4v) is 8.37. The van der Waals surface area contributed by atoms with Gasteiger partial charge in [0.1, 0.15) is 19.9 Å². The van der Waals surface area contributed by atoms with Crippen molar-refractivity contribution in [3.63, 3.8) is 0 Å². The summed E-state index contributed by atoms with van der Waals surface area (Å²) < 4.78 is 86.1. The third-order valence-electron chi connectivity index (χ3n) is 9.92. The van der Waals surface area contributed by atoms with Gasteiger partial charge in [0.2, 0.25) is 0 Å². The van der Waals surface area contributed by atoms with Gasteiger partial charge >= 0.3 is 12.4 Å². The lowest BCUT2D eigenvalue weighted by Crippen LogP contribution is -2.53. The van der Waals surface area contributed by atoms with E-state index in [1.165, 1.54) is 36.4 Å². The summed E-state index contributed by atoms with van der Waals surface area (Å²) >= 11 is 3.49. The number of rotatable bonds is 8. The van der Waals surface area contributed by atoms with E-state index in [1.807, 2.05) is 0 Å². The van der Waals surface area contributed by atoms with E-state index in [9.17, 15) is 45.5 Å². The normalized spacial score (nSPS) is 16.6. The summed E-state index contributed by atoms with van der Waals surface area (Å²) in [5.74, 6) is -4.43. The van der Waals surface area contributed by atoms with Crippen LogP contribution in [0.2, 0.25) is 0 Å². The number of hydrogen-bond donors (Lipinski definition) is 0. The third kappa shape index (κ3) is 4.76. The second-order valence-corrected chi connectivity index (χ2v) is 13.7. The van der Waals surface area contributed by atoms with Gasteiger partial charge in [-0.25, -0.2) is 0 Å². The number of carbonyl (C=O) groups excluding carboxylic acids is 4. The molecule has 2 radical (unpaired) electrons. The Morgan fingerprint density at radius 2 is 1.00 bits per heavy atom. The van der Waals surface area contributed by atoms with Crippen LogP contribution in [0.1, 0.15) is 93.8 Å². The number of nitrogens with zero attached hydrogens (tertiary/aromatic N) is 2. The van der Waals surface area contributed by atoms with Gasteiger partial charge in [-0.1, -0.05) is 79.1 Å². The molecule has 5 aromatic rings. The molecule has 0 saturated carbocycles. The van der Waals surface area contributed by atoms with Gasteiger partial charge in [-0.2, -0.15) is 26.3 Å². The maximum atomic E-state index is 14.3. The number of carbonyl (C=O) groups is 4. The molecule has 5 aromatic carbocycles. The zero-order valence-electron chi connectivity index (χ0n) is 26.6. The van der Waals surface area contributed by atoms with Crippen molar-refractivity contribution < 1.29 is 45.5 Å². The summed E-state index contributed by atoms with van der Waals surface area (Å²) in [4.78, 5) is 55.9. The molecule has 0 fully saturated rings. The van der Waals surface area contributed by atoms with Gasteiger partial charge in [-0.3, -0.25) is 29.0 Å². The topological polar surface area (TPSA) is 74.8 Å². The molecule has 6 nitrogen and oxygen atoms in total. The van der Waals surface area contributed by atoms with Crippen LogP contribution < -0.4 is 5.46 Å². The number of fused-ring (bicyclic) bond motifs is 2. The molecule has 2 atom stereocenters. The molecule has 2 unspecified atom stereocenters. The average Bonchev–Trinajstić information content (AvgIpc) is 3.04. The van der Waals surface area contributed by atoms with E-state index in [2.05, 4.69) is 15.9 Å². The first-order valence-electron chi connectivity index (χ1n) is 16.1. The highest BCUT2D eigenvalue weighted by Crippen LogP contribution is 2.49. The predicted octanol–water partition coefficient (Wildman–Crippen LogP) is 8.73. The fourth-order valence-electron chi connectivity index (χ4n) is 7.73. The largest absolute Gasteiger partial charge is 0.409 e. The number of hydrogen-bond acceptors (Lipinski definition) is 4. The maximum Gasteiger partial charge on any atom is 0.409 e. The number of benzene rings is 5. The summed E-state index contributed by atoms with van der Waals surface area (Å²) in [6.45, 7) is 3.40. The molecule has 2 heterocycles. The van der Waals surface area contributed by atoms with E-state index in [-0.39, 0.29) is 65.6 Å². The maximum absolute atomic E-state index is 14.3. The van der Waals surface area contributed by atoms with Gasteiger partial charge in [-0.05, 0) is 52.6 Å². The molecule has 256 valence electrons. The average molecular weight is 755 g/mol. The first-order chi connectivity index (χ1) is 23.5. The van der Waals surface area contributed by atoms with Crippen molar-refractivity contribution in [1.29, 1.82) is 0 Å². The molecular weight excluding hydrogens is 729 g/mol. The number of alkyl halides is 6. The van der Waals surface area contributed by atoms with Crippen LogP contribution in [0.25, 0.3) is 43.1 Å². The summed E-state index contributed by atoms with van der Waals surface area (Å²) in [7, 11) is 6.58. The van der Waals surface area contributed by atoms with Crippen molar-refractivity contribution in [2.24, 2.45) is 0 Å². The Kier molecular flexibility index (Phi) is 8.00. The van der Waals surface area contributed by atoms with Crippen LogP contribution in [0, 0.1) is 0 Å². The molecule has 7 rings (SSSR count). The van der Waals surface area contributed by atoms with Crippen molar-refractivity contribution in [3.05, 3.63) is 63.1 Å². The summed E-state index contributed by atoms with van der Waals surface area (Å²) in [6.07, 6.45) is -9.59. The minimum atomic E-state index is -4.88. The predicted molar refractivity (Wildman–Crippen MR) is 180 cm³/mol. The van der Waals surface area contributed by atoms with Crippen LogP contribution >= 0.6 is 15.9 Å². The standard InChI is InChI=1S/C36H26BBrF6N2O4/c1-3-5-7-23(35(39,40)41)45-31(47)17-12-10-16-28-22(38)14-20-26-18(32(48)46(34(20)50)24(8-6-4-2)36(42,43)44)11-9-15(30(26)28)27-21(37)13-19(33(45)49)25(17)29(16)27/h9-14,23-24H,3-8H2,1-2H3. The van der Waals surface area contributed by atoms with Crippen molar-refractivity contribution >= 4 is 96.0 Å². The van der Waals surface area contributed by atoms with Gasteiger partial charge < -0.3 is 0 Å². The highest BCUT2D eigenvalue weighted by atomic mass is 79.9. The lowest BCUT2D eigenvalue weighted by atomic mass is 9.77. The number of amides is 4. The van der Waals surface area contributed by atoms with Gasteiger partial charge in [0.25, 0.3) is 23.6 Å². The van der Waals surface area contributed by atoms with E-state index in [0.29, 0.717) is 45.2 Å². The molecule has 0 N–H and O–H groups in total. The molecule has 0 bridgehead atoms. The Balaban J connectivity index is 1.51. The lowest BCUT2D eigenvalue weighted by molar-refractivity contribution is -0.173. The van der Waals surface area contributed by atoms with Crippen molar-refractivity contribution in [2.75, 3.05) is 0 Å². The molecule has 2 aliphatic rings. The smallest absolute Gasteiger partial charge is 0.269 e. The summed E-state index contributed by atoms with van der Waals surface area (Å²) in [6, 6.07) is 3.56. The molecule has 0 aromatic heterocycles. The van der Waals surface area contributed by atoms with Gasteiger partial charge in [0.15, 0.2) is 0 Å². The Bertz CT molecular complexity index is 2160. The Labute approximate surface area is 290 Å². The first kappa shape index (κ1) is 34.3. The molecular formula is C36H26BBrF6N2O4. The van der Waals surface area contributed by atoms with Crippen molar-refractivity contribution in [3.8, 4) is 0 Å².